The van der Waals surface area contributed by atoms with Crippen LogP contribution in [0.15, 0.2) is 24.3 Å². The van der Waals surface area contributed by atoms with E-state index >= 15 is 0 Å². The van der Waals surface area contributed by atoms with Crippen LogP contribution in [0.4, 0.5) is 0 Å². The van der Waals surface area contributed by atoms with Crippen LogP contribution in [0.3, 0.4) is 0 Å². The Morgan fingerprint density at radius 1 is 1.44 bits per heavy atom. The second-order valence-electron chi connectivity index (χ2n) is 3.71. The van der Waals surface area contributed by atoms with Crippen molar-refractivity contribution in [3.05, 3.63) is 35.4 Å². The van der Waals surface area contributed by atoms with Gasteiger partial charge in [-0.1, -0.05) is 18.2 Å². The number of ketones is 1. The Morgan fingerprint density at radius 3 is 2.69 bits per heavy atom. The van der Waals surface area contributed by atoms with Gasteiger partial charge in [-0.3, -0.25) is 4.79 Å². The predicted octanol–water partition coefficient (Wildman–Crippen LogP) is 1.60. The first-order valence-electron chi connectivity index (χ1n) is 5.14. The highest BCUT2D eigenvalue weighted by Crippen LogP contribution is 2.20. The molecule has 2 unspecified atom stereocenters. The van der Waals surface area contributed by atoms with Gasteiger partial charge in [0, 0.05) is 5.56 Å². The largest absolute Gasteiger partial charge is 0.390 e. The summed E-state index contributed by atoms with van der Waals surface area (Å²) in [5, 5.41) is 19.4. The topological polar surface area (TPSA) is 57.5 Å². The number of hydrogen-bond donors (Lipinski definition) is 3. The first-order chi connectivity index (χ1) is 7.56. The first kappa shape index (κ1) is 13.2. The quantitative estimate of drug-likeness (QED) is 0.541. The van der Waals surface area contributed by atoms with Crippen molar-refractivity contribution >= 4 is 18.4 Å². The van der Waals surface area contributed by atoms with Crippen LogP contribution in [-0.2, 0) is 0 Å². The van der Waals surface area contributed by atoms with Gasteiger partial charge < -0.3 is 10.2 Å². The highest BCUT2D eigenvalue weighted by atomic mass is 32.1. The molecule has 1 rings (SSSR count). The average Bonchev–Trinajstić information content (AvgIpc) is 2.28. The number of thiol groups is 1. The fourth-order valence-electron chi connectivity index (χ4n) is 1.45. The minimum Gasteiger partial charge on any atom is -0.390 e. The number of aliphatic hydroxyl groups excluding tert-OH is 2. The molecule has 16 heavy (non-hydrogen) atoms. The van der Waals surface area contributed by atoms with E-state index in [0.29, 0.717) is 23.3 Å². The summed E-state index contributed by atoms with van der Waals surface area (Å²) in [5.41, 5.74) is 1.09. The lowest BCUT2D eigenvalue weighted by Crippen LogP contribution is -2.18. The number of Topliss-reactive ketones (excluding diaryl/α,β-unsaturated/α-hetero) is 1. The van der Waals surface area contributed by atoms with E-state index in [1.165, 1.54) is 6.92 Å². The molecule has 0 amide bonds. The van der Waals surface area contributed by atoms with E-state index in [4.69, 9.17) is 0 Å². The number of carbonyl (C=O) groups excluding carboxylic acids is 1. The molecule has 0 bridgehead atoms. The van der Waals surface area contributed by atoms with Gasteiger partial charge >= 0.3 is 0 Å². The van der Waals surface area contributed by atoms with Crippen molar-refractivity contribution in [1.29, 1.82) is 0 Å². The summed E-state index contributed by atoms with van der Waals surface area (Å²) in [5.74, 6) is 0.447. The molecule has 0 radical (unpaired) electrons. The van der Waals surface area contributed by atoms with Gasteiger partial charge in [-0.25, -0.2) is 0 Å². The van der Waals surface area contributed by atoms with Gasteiger partial charge in [0.1, 0.15) is 6.10 Å². The zero-order chi connectivity index (χ0) is 12.1. The summed E-state index contributed by atoms with van der Waals surface area (Å²) in [7, 11) is 0. The summed E-state index contributed by atoms with van der Waals surface area (Å²) in [6.45, 7) is 1.47. The maximum atomic E-state index is 11.2. The number of hydrogen-bond acceptors (Lipinski definition) is 4. The summed E-state index contributed by atoms with van der Waals surface area (Å²) in [6.07, 6.45) is -1.40. The van der Waals surface area contributed by atoms with Gasteiger partial charge in [-0.05, 0) is 30.7 Å². The Hall–Kier alpha value is -0.840. The molecular weight excluding hydrogens is 224 g/mol. The third-order valence-electron chi connectivity index (χ3n) is 2.42. The summed E-state index contributed by atoms with van der Waals surface area (Å²) in [6, 6.07) is 6.68. The van der Waals surface area contributed by atoms with Crippen LogP contribution < -0.4 is 0 Å². The smallest absolute Gasteiger partial charge is 0.159 e. The average molecular weight is 240 g/mol. The van der Waals surface area contributed by atoms with Gasteiger partial charge in [-0.15, -0.1) is 0 Å². The van der Waals surface area contributed by atoms with E-state index in [1.807, 2.05) is 0 Å². The number of benzene rings is 1. The SMILES string of the molecule is CC(=O)c1cccc(C(O)C(O)CCS)c1. The maximum Gasteiger partial charge on any atom is 0.159 e. The summed E-state index contributed by atoms with van der Waals surface area (Å²) >= 11 is 3.99. The molecule has 3 nitrogen and oxygen atoms in total. The molecule has 0 saturated heterocycles. The van der Waals surface area contributed by atoms with Crippen molar-refractivity contribution in [3.8, 4) is 0 Å². The zero-order valence-corrected chi connectivity index (χ0v) is 10.0. The van der Waals surface area contributed by atoms with Crippen LogP contribution in [0.2, 0.25) is 0 Å². The number of aliphatic hydroxyl groups is 2. The molecule has 0 spiro atoms. The minimum atomic E-state index is -0.966. The number of rotatable bonds is 5. The standard InChI is InChI=1S/C12H16O3S/c1-8(13)9-3-2-4-10(7-9)12(15)11(14)5-6-16/h2-4,7,11-12,14-16H,5-6H2,1H3. The fraction of sp³-hybridized carbons (Fsp3) is 0.417. The fourth-order valence-corrected chi connectivity index (χ4v) is 1.72. The van der Waals surface area contributed by atoms with Gasteiger partial charge in [0.25, 0.3) is 0 Å². The highest BCUT2D eigenvalue weighted by molar-refractivity contribution is 7.80. The lowest BCUT2D eigenvalue weighted by Gasteiger charge is -2.17. The van der Waals surface area contributed by atoms with Crippen LogP contribution in [0.25, 0.3) is 0 Å². The normalized spacial score (nSPS) is 14.5. The Morgan fingerprint density at radius 2 is 2.12 bits per heavy atom. The predicted molar refractivity (Wildman–Crippen MR) is 65.9 cm³/mol. The molecule has 0 aliphatic heterocycles. The van der Waals surface area contributed by atoms with E-state index < -0.39 is 12.2 Å². The van der Waals surface area contributed by atoms with Crippen LogP contribution in [0.5, 0.6) is 0 Å². The van der Waals surface area contributed by atoms with Crippen LogP contribution >= 0.6 is 12.6 Å². The third kappa shape index (κ3) is 3.33. The van der Waals surface area contributed by atoms with Crippen molar-refractivity contribution in [1.82, 2.24) is 0 Å². The molecule has 0 aliphatic rings. The molecule has 0 aromatic heterocycles. The van der Waals surface area contributed by atoms with Crippen molar-refractivity contribution in [2.45, 2.75) is 25.6 Å². The molecule has 0 heterocycles. The first-order valence-corrected chi connectivity index (χ1v) is 5.77. The Bertz CT molecular complexity index is 365. The van der Waals surface area contributed by atoms with Crippen molar-refractivity contribution in [3.63, 3.8) is 0 Å². The van der Waals surface area contributed by atoms with E-state index in [1.54, 1.807) is 24.3 Å². The Labute approximate surface area is 101 Å². The zero-order valence-electron chi connectivity index (χ0n) is 9.13. The van der Waals surface area contributed by atoms with E-state index in [9.17, 15) is 15.0 Å². The highest BCUT2D eigenvalue weighted by Gasteiger charge is 2.18. The Kier molecular flexibility index (Phi) is 4.99. The van der Waals surface area contributed by atoms with Crippen LogP contribution in [0.1, 0.15) is 35.4 Å². The molecule has 2 atom stereocenters. The molecule has 1 aromatic carbocycles. The summed E-state index contributed by atoms with van der Waals surface area (Å²) < 4.78 is 0. The third-order valence-corrected chi connectivity index (χ3v) is 2.68. The molecule has 1 aromatic rings. The number of carbonyl (C=O) groups is 1. The van der Waals surface area contributed by atoms with Gasteiger partial charge in [0.15, 0.2) is 5.78 Å². The van der Waals surface area contributed by atoms with Crippen LogP contribution in [-0.4, -0.2) is 27.9 Å². The summed E-state index contributed by atoms with van der Waals surface area (Å²) in [4.78, 5) is 11.2. The molecule has 0 fully saturated rings. The lowest BCUT2D eigenvalue weighted by molar-refractivity contribution is 0.0172. The molecule has 0 aliphatic carbocycles. The maximum absolute atomic E-state index is 11.2. The molecule has 0 saturated carbocycles. The lowest BCUT2D eigenvalue weighted by atomic mass is 9.99. The molecule has 88 valence electrons. The molecule has 4 heteroatoms. The van der Waals surface area contributed by atoms with Gasteiger partial charge in [0.2, 0.25) is 0 Å². The molecular formula is C12H16O3S. The van der Waals surface area contributed by atoms with Crippen molar-refractivity contribution < 1.29 is 15.0 Å². The monoisotopic (exact) mass is 240 g/mol. The van der Waals surface area contributed by atoms with Crippen molar-refractivity contribution in [2.75, 3.05) is 5.75 Å². The minimum absolute atomic E-state index is 0.0577. The van der Waals surface area contributed by atoms with E-state index in [-0.39, 0.29) is 5.78 Å². The Balaban J connectivity index is 2.86. The van der Waals surface area contributed by atoms with Gasteiger partial charge in [0.05, 0.1) is 6.10 Å². The van der Waals surface area contributed by atoms with Gasteiger partial charge in [-0.2, -0.15) is 12.6 Å². The molecule has 2 N–H and O–H groups in total. The van der Waals surface area contributed by atoms with E-state index in [0.717, 1.165) is 0 Å². The van der Waals surface area contributed by atoms with Crippen LogP contribution in [0, 0.1) is 0 Å². The van der Waals surface area contributed by atoms with E-state index in [2.05, 4.69) is 12.6 Å². The second kappa shape index (κ2) is 6.03. The second-order valence-corrected chi connectivity index (χ2v) is 4.15. The van der Waals surface area contributed by atoms with Crippen molar-refractivity contribution in [2.24, 2.45) is 0 Å².